The number of aromatic nitrogens is 2. The molecule has 2 rings (SSSR count). The summed E-state index contributed by atoms with van der Waals surface area (Å²) in [5, 5.41) is 0. The van der Waals surface area contributed by atoms with Gasteiger partial charge in [-0.2, -0.15) is 0 Å². The van der Waals surface area contributed by atoms with Crippen LogP contribution in [0.25, 0.3) is 11.0 Å². The highest BCUT2D eigenvalue weighted by Gasteiger charge is 2.16. The fraction of sp³-hybridized carbons (Fsp3) is 0.533. The van der Waals surface area contributed by atoms with Gasteiger partial charge in [-0.05, 0) is 46.2 Å². The molecule has 1 aromatic heterocycles. The van der Waals surface area contributed by atoms with Crippen molar-refractivity contribution in [1.29, 1.82) is 0 Å². The average Bonchev–Trinajstić information content (AvgIpc) is 2.63. The maximum absolute atomic E-state index is 6.07. The Labute approximate surface area is 109 Å². The maximum atomic E-state index is 6.07. The first kappa shape index (κ1) is 13.1. The van der Waals surface area contributed by atoms with Crippen molar-refractivity contribution in [3.63, 3.8) is 0 Å². The molecule has 2 aromatic rings. The average molecular weight is 245 g/mol. The Morgan fingerprint density at radius 1 is 1.28 bits per heavy atom. The second kappa shape index (κ2) is 4.73. The topological polar surface area (TPSA) is 43.8 Å². The Hall–Kier alpha value is -1.35. The summed E-state index contributed by atoms with van der Waals surface area (Å²) in [7, 11) is 0. The number of hydrogen-bond acceptors (Lipinski definition) is 2. The molecule has 0 fully saturated rings. The third-order valence-corrected chi connectivity index (χ3v) is 3.18. The van der Waals surface area contributed by atoms with Gasteiger partial charge in [-0.1, -0.05) is 12.1 Å². The number of fused-ring (bicyclic) bond motifs is 1. The lowest BCUT2D eigenvalue weighted by molar-refractivity contribution is 0.459. The number of hydrogen-bond donors (Lipinski definition) is 1. The van der Waals surface area contributed by atoms with Gasteiger partial charge in [-0.25, -0.2) is 4.98 Å². The molecule has 18 heavy (non-hydrogen) atoms. The molecule has 0 saturated heterocycles. The Morgan fingerprint density at radius 3 is 2.56 bits per heavy atom. The Morgan fingerprint density at radius 2 is 1.94 bits per heavy atom. The summed E-state index contributed by atoms with van der Waals surface area (Å²) in [5.41, 5.74) is 8.23. The molecule has 3 nitrogen and oxygen atoms in total. The molecule has 0 radical (unpaired) electrons. The van der Waals surface area contributed by atoms with E-state index < -0.39 is 0 Å². The van der Waals surface area contributed by atoms with Crippen LogP contribution in [0.2, 0.25) is 0 Å². The van der Waals surface area contributed by atoms with Crippen molar-refractivity contribution >= 4 is 11.0 Å². The molecule has 0 amide bonds. The summed E-state index contributed by atoms with van der Waals surface area (Å²) in [6, 6.07) is 8.74. The van der Waals surface area contributed by atoms with E-state index in [1.54, 1.807) is 0 Å². The number of nitrogens with two attached hydrogens (primary N) is 1. The fourth-order valence-electron chi connectivity index (χ4n) is 2.28. The van der Waals surface area contributed by atoms with Crippen molar-refractivity contribution in [2.24, 2.45) is 5.73 Å². The molecular weight excluding hydrogens is 222 g/mol. The highest BCUT2D eigenvalue weighted by atomic mass is 15.1. The SMILES string of the molecule is CC(C)n1c(CCC(C)(C)N)nc2ccccc21. The zero-order valence-electron chi connectivity index (χ0n) is 11.8. The standard InChI is InChI=1S/C15H23N3/c1-11(2)18-13-8-6-5-7-12(13)17-14(18)9-10-15(3,4)16/h5-8,11H,9-10,16H2,1-4H3. The Kier molecular flexibility index (Phi) is 3.44. The normalized spacial score (nSPS) is 12.6. The molecule has 1 aromatic carbocycles. The second-order valence-corrected chi connectivity index (χ2v) is 5.97. The van der Waals surface area contributed by atoms with Crippen molar-refractivity contribution in [3.05, 3.63) is 30.1 Å². The second-order valence-electron chi connectivity index (χ2n) is 5.97. The van der Waals surface area contributed by atoms with Gasteiger partial charge in [0.1, 0.15) is 5.82 Å². The first-order chi connectivity index (χ1) is 8.38. The fourth-order valence-corrected chi connectivity index (χ4v) is 2.28. The Bertz CT molecular complexity index is 532. The lowest BCUT2D eigenvalue weighted by Crippen LogP contribution is -2.32. The molecule has 0 atom stereocenters. The molecule has 0 spiro atoms. The molecule has 2 N–H and O–H groups in total. The molecule has 0 aliphatic carbocycles. The van der Waals surface area contributed by atoms with Gasteiger partial charge < -0.3 is 10.3 Å². The minimum Gasteiger partial charge on any atom is -0.326 e. The molecule has 0 aliphatic rings. The zero-order chi connectivity index (χ0) is 13.3. The summed E-state index contributed by atoms with van der Waals surface area (Å²) >= 11 is 0. The van der Waals surface area contributed by atoms with Crippen LogP contribution in [-0.4, -0.2) is 15.1 Å². The van der Waals surface area contributed by atoms with Gasteiger partial charge in [0.2, 0.25) is 0 Å². The molecule has 3 heteroatoms. The van der Waals surface area contributed by atoms with Gasteiger partial charge in [0.25, 0.3) is 0 Å². The predicted molar refractivity (Wildman–Crippen MR) is 76.7 cm³/mol. The summed E-state index contributed by atoms with van der Waals surface area (Å²) < 4.78 is 2.32. The monoisotopic (exact) mass is 245 g/mol. The quantitative estimate of drug-likeness (QED) is 0.898. The van der Waals surface area contributed by atoms with E-state index in [4.69, 9.17) is 10.7 Å². The lowest BCUT2D eigenvalue weighted by atomic mass is 10.00. The molecule has 98 valence electrons. The Balaban J connectivity index is 2.40. The van der Waals surface area contributed by atoms with E-state index in [1.807, 2.05) is 6.07 Å². The minimum absolute atomic E-state index is 0.139. The minimum atomic E-state index is -0.139. The van der Waals surface area contributed by atoms with E-state index in [1.165, 1.54) is 5.52 Å². The third kappa shape index (κ3) is 2.72. The van der Waals surface area contributed by atoms with Crippen LogP contribution >= 0.6 is 0 Å². The number of benzene rings is 1. The third-order valence-electron chi connectivity index (χ3n) is 3.18. The summed E-state index contributed by atoms with van der Waals surface area (Å²) in [6.45, 7) is 8.53. The van der Waals surface area contributed by atoms with E-state index in [2.05, 4.69) is 50.5 Å². The van der Waals surface area contributed by atoms with Gasteiger partial charge in [-0.3, -0.25) is 0 Å². The van der Waals surface area contributed by atoms with Crippen molar-refractivity contribution in [1.82, 2.24) is 9.55 Å². The highest BCUT2D eigenvalue weighted by molar-refractivity contribution is 5.76. The molecule has 0 aliphatic heterocycles. The largest absolute Gasteiger partial charge is 0.326 e. The van der Waals surface area contributed by atoms with Crippen LogP contribution in [0.1, 0.15) is 46.0 Å². The van der Waals surface area contributed by atoms with Crippen LogP contribution in [0, 0.1) is 0 Å². The van der Waals surface area contributed by atoms with Crippen LogP contribution in [0.5, 0.6) is 0 Å². The number of para-hydroxylation sites is 2. The van der Waals surface area contributed by atoms with Crippen LogP contribution < -0.4 is 5.73 Å². The van der Waals surface area contributed by atoms with Gasteiger partial charge in [0, 0.05) is 18.0 Å². The highest BCUT2D eigenvalue weighted by Crippen LogP contribution is 2.22. The summed E-state index contributed by atoms with van der Waals surface area (Å²) in [6.07, 6.45) is 1.87. The molecule has 0 unspecified atom stereocenters. The van der Waals surface area contributed by atoms with Crippen LogP contribution in [-0.2, 0) is 6.42 Å². The van der Waals surface area contributed by atoms with Crippen molar-refractivity contribution < 1.29 is 0 Å². The van der Waals surface area contributed by atoms with E-state index in [-0.39, 0.29) is 5.54 Å². The van der Waals surface area contributed by atoms with E-state index in [0.717, 1.165) is 24.2 Å². The van der Waals surface area contributed by atoms with Crippen LogP contribution in [0.3, 0.4) is 0 Å². The summed E-state index contributed by atoms with van der Waals surface area (Å²) in [5.74, 6) is 1.14. The molecule has 0 bridgehead atoms. The van der Waals surface area contributed by atoms with E-state index >= 15 is 0 Å². The van der Waals surface area contributed by atoms with Gasteiger partial charge in [-0.15, -0.1) is 0 Å². The van der Waals surface area contributed by atoms with Crippen LogP contribution in [0.15, 0.2) is 24.3 Å². The summed E-state index contributed by atoms with van der Waals surface area (Å²) in [4.78, 5) is 4.74. The lowest BCUT2D eigenvalue weighted by Gasteiger charge is -2.19. The van der Waals surface area contributed by atoms with E-state index in [9.17, 15) is 0 Å². The first-order valence-corrected chi connectivity index (χ1v) is 6.63. The van der Waals surface area contributed by atoms with Crippen molar-refractivity contribution in [3.8, 4) is 0 Å². The van der Waals surface area contributed by atoms with Gasteiger partial charge >= 0.3 is 0 Å². The zero-order valence-corrected chi connectivity index (χ0v) is 11.8. The predicted octanol–water partition coefficient (Wildman–Crippen LogP) is 3.29. The number of aryl methyl sites for hydroxylation is 1. The van der Waals surface area contributed by atoms with E-state index in [0.29, 0.717) is 6.04 Å². The van der Waals surface area contributed by atoms with Gasteiger partial charge in [0.15, 0.2) is 0 Å². The number of rotatable bonds is 4. The van der Waals surface area contributed by atoms with Crippen LogP contribution in [0.4, 0.5) is 0 Å². The smallest absolute Gasteiger partial charge is 0.110 e. The first-order valence-electron chi connectivity index (χ1n) is 6.63. The molecule has 0 saturated carbocycles. The van der Waals surface area contributed by atoms with Crippen molar-refractivity contribution in [2.45, 2.75) is 52.1 Å². The maximum Gasteiger partial charge on any atom is 0.110 e. The number of imidazole rings is 1. The van der Waals surface area contributed by atoms with Crippen molar-refractivity contribution in [2.75, 3.05) is 0 Å². The molecule has 1 heterocycles. The van der Waals surface area contributed by atoms with Gasteiger partial charge in [0.05, 0.1) is 11.0 Å². The molecular formula is C15H23N3. The number of nitrogens with zero attached hydrogens (tertiary/aromatic N) is 2.